The maximum Gasteiger partial charge on any atom is 0.0600 e. The fraction of sp³-hybridized carbons (Fsp3) is 0.625. The van der Waals surface area contributed by atoms with Gasteiger partial charge in [0.2, 0.25) is 0 Å². The summed E-state index contributed by atoms with van der Waals surface area (Å²) in [7, 11) is 0. The van der Waals surface area contributed by atoms with Gasteiger partial charge in [-0.1, -0.05) is 30.3 Å². The summed E-state index contributed by atoms with van der Waals surface area (Å²) in [5.74, 6) is 0.722. The van der Waals surface area contributed by atoms with Crippen LogP contribution in [0.25, 0.3) is 0 Å². The highest BCUT2D eigenvalue weighted by Gasteiger charge is 2.37. The van der Waals surface area contributed by atoms with E-state index in [2.05, 4.69) is 41.0 Å². The van der Waals surface area contributed by atoms with Crippen LogP contribution in [0.2, 0.25) is 0 Å². The maximum atomic E-state index is 5.90. The molecule has 0 amide bonds. The first kappa shape index (κ1) is 13.1. The Morgan fingerprint density at radius 3 is 2.74 bits per heavy atom. The Bertz CT molecular complexity index is 376. The summed E-state index contributed by atoms with van der Waals surface area (Å²) < 4.78 is 5.90. The average Bonchev–Trinajstić information content (AvgIpc) is 3.25. The molecule has 3 nitrogen and oxygen atoms in total. The van der Waals surface area contributed by atoms with Crippen molar-refractivity contribution in [2.75, 3.05) is 26.2 Å². The van der Waals surface area contributed by atoms with E-state index >= 15 is 0 Å². The SMILES string of the molecule is c1ccc(C2CC2NCCOC2CCNCC2)cc1. The molecule has 3 heteroatoms. The van der Waals surface area contributed by atoms with E-state index in [1.165, 1.54) is 12.0 Å². The van der Waals surface area contributed by atoms with Crippen LogP contribution >= 0.6 is 0 Å². The first-order chi connectivity index (χ1) is 9.43. The van der Waals surface area contributed by atoms with Crippen LogP contribution in [0.15, 0.2) is 30.3 Å². The molecule has 2 N–H and O–H groups in total. The molecule has 19 heavy (non-hydrogen) atoms. The lowest BCUT2D eigenvalue weighted by Gasteiger charge is -2.23. The molecule has 2 fully saturated rings. The predicted molar refractivity (Wildman–Crippen MR) is 77.4 cm³/mol. The third-order valence-electron chi connectivity index (χ3n) is 4.17. The minimum atomic E-state index is 0.479. The van der Waals surface area contributed by atoms with Crippen molar-refractivity contribution in [1.82, 2.24) is 10.6 Å². The summed E-state index contributed by atoms with van der Waals surface area (Å²) in [6.45, 7) is 4.05. The molecule has 1 aromatic carbocycles. The zero-order valence-electron chi connectivity index (χ0n) is 11.5. The van der Waals surface area contributed by atoms with Crippen molar-refractivity contribution >= 4 is 0 Å². The fourth-order valence-corrected chi connectivity index (χ4v) is 2.92. The molecule has 0 radical (unpaired) electrons. The minimum absolute atomic E-state index is 0.479. The molecule has 0 spiro atoms. The summed E-state index contributed by atoms with van der Waals surface area (Å²) in [5, 5.41) is 6.97. The Morgan fingerprint density at radius 1 is 1.16 bits per heavy atom. The van der Waals surface area contributed by atoms with Gasteiger partial charge in [-0.2, -0.15) is 0 Å². The second-order valence-corrected chi connectivity index (χ2v) is 5.63. The van der Waals surface area contributed by atoms with E-state index in [1.807, 2.05) is 0 Å². The zero-order chi connectivity index (χ0) is 12.9. The molecule has 3 rings (SSSR count). The molecular weight excluding hydrogens is 236 g/mol. The molecule has 2 unspecified atom stereocenters. The van der Waals surface area contributed by atoms with Gasteiger partial charge in [-0.3, -0.25) is 0 Å². The monoisotopic (exact) mass is 260 g/mol. The third-order valence-corrected chi connectivity index (χ3v) is 4.17. The molecule has 1 aliphatic heterocycles. The van der Waals surface area contributed by atoms with Crippen molar-refractivity contribution in [3.63, 3.8) is 0 Å². The molecule has 2 atom stereocenters. The van der Waals surface area contributed by atoms with E-state index in [0.717, 1.165) is 45.0 Å². The van der Waals surface area contributed by atoms with Crippen LogP contribution in [-0.4, -0.2) is 38.4 Å². The Balaban J connectivity index is 1.30. The highest BCUT2D eigenvalue weighted by atomic mass is 16.5. The van der Waals surface area contributed by atoms with Gasteiger partial charge in [0.1, 0.15) is 0 Å². The lowest BCUT2D eigenvalue weighted by Crippen LogP contribution is -2.34. The quantitative estimate of drug-likeness (QED) is 0.767. The third kappa shape index (κ3) is 3.78. The van der Waals surface area contributed by atoms with Crippen LogP contribution in [0.4, 0.5) is 0 Å². The smallest absolute Gasteiger partial charge is 0.0600 e. The van der Waals surface area contributed by atoms with E-state index in [4.69, 9.17) is 4.74 Å². The average molecular weight is 260 g/mol. The van der Waals surface area contributed by atoms with E-state index < -0.39 is 0 Å². The van der Waals surface area contributed by atoms with E-state index in [0.29, 0.717) is 12.1 Å². The van der Waals surface area contributed by atoms with E-state index in [-0.39, 0.29) is 0 Å². The van der Waals surface area contributed by atoms with Crippen LogP contribution < -0.4 is 10.6 Å². The van der Waals surface area contributed by atoms with Crippen molar-refractivity contribution in [3.05, 3.63) is 35.9 Å². The van der Waals surface area contributed by atoms with Crippen molar-refractivity contribution < 1.29 is 4.74 Å². The number of piperidine rings is 1. The van der Waals surface area contributed by atoms with E-state index in [9.17, 15) is 0 Å². The topological polar surface area (TPSA) is 33.3 Å². The number of hydrogen-bond acceptors (Lipinski definition) is 3. The van der Waals surface area contributed by atoms with Gasteiger partial charge in [0.05, 0.1) is 12.7 Å². The fourth-order valence-electron chi connectivity index (χ4n) is 2.92. The second-order valence-electron chi connectivity index (χ2n) is 5.63. The Kier molecular flexibility index (Phi) is 4.49. The standard InChI is InChI=1S/C16H24N2O/c1-2-4-13(5-3-1)15-12-16(15)18-10-11-19-14-6-8-17-9-7-14/h1-5,14-18H,6-12H2. The van der Waals surface area contributed by atoms with Gasteiger partial charge < -0.3 is 15.4 Å². The first-order valence-corrected chi connectivity index (χ1v) is 7.54. The Morgan fingerprint density at radius 2 is 1.95 bits per heavy atom. The molecule has 0 bridgehead atoms. The van der Waals surface area contributed by atoms with Gasteiger partial charge in [-0.25, -0.2) is 0 Å². The van der Waals surface area contributed by atoms with Gasteiger partial charge in [0, 0.05) is 18.5 Å². The van der Waals surface area contributed by atoms with Crippen LogP contribution in [0.1, 0.15) is 30.7 Å². The van der Waals surface area contributed by atoms with Crippen LogP contribution in [0, 0.1) is 0 Å². The van der Waals surface area contributed by atoms with Crippen molar-refractivity contribution in [2.24, 2.45) is 0 Å². The number of ether oxygens (including phenoxy) is 1. The van der Waals surface area contributed by atoms with Crippen LogP contribution in [0.5, 0.6) is 0 Å². The van der Waals surface area contributed by atoms with Crippen molar-refractivity contribution in [3.8, 4) is 0 Å². The van der Waals surface area contributed by atoms with Crippen LogP contribution in [-0.2, 0) is 4.74 Å². The number of hydrogen-bond donors (Lipinski definition) is 2. The van der Waals surface area contributed by atoms with Crippen LogP contribution in [0.3, 0.4) is 0 Å². The summed E-state index contributed by atoms with van der Waals surface area (Å²) in [5.41, 5.74) is 1.47. The second kappa shape index (κ2) is 6.51. The van der Waals surface area contributed by atoms with Gasteiger partial charge in [-0.15, -0.1) is 0 Å². The summed E-state index contributed by atoms with van der Waals surface area (Å²) in [6.07, 6.45) is 4.08. The molecule has 1 aromatic rings. The zero-order valence-corrected chi connectivity index (χ0v) is 11.5. The molecule has 1 saturated carbocycles. The lowest BCUT2D eigenvalue weighted by molar-refractivity contribution is 0.0347. The lowest BCUT2D eigenvalue weighted by atomic mass is 10.1. The first-order valence-electron chi connectivity index (χ1n) is 7.54. The molecule has 1 heterocycles. The number of rotatable bonds is 6. The highest BCUT2D eigenvalue weighted by molar-refractivity contribution is 5.27. The minimum Gasteiger partial charge on any atom is -0.377 e. The highest BCUT2D eigenvalue weighted by Crippen LogP contribution is 2.40. The van der Waals surface area contributed by atoms with Gasteiger partial charge in [0.25, 0.3) is 0 Å². The largest absolute Gasteiger partial charge is 0.377 e. The van der Waals surface area contributed by atoms with Gasteiger partial charge in [0.15, 0.2) is 0 Å². The van der Waals surface area contributed by atoms with Crippen molar-refractivity contribution in [2.45, 2.75) is 37.3 Å². The molecular formula is C16H24N2O. The Hall–Kier alpha value is -0.900. The summed E-state index contributed by atoms with van der Waals surface area (Å²) in [4.78, 5) is 0. The van der Waals surface area contributed by atoms with Gasteiger partial charge >= 0.3 is 0 Å². The van der Waals surface area contributed by atoms with E-state index in [1.54, 1.807) is 0 Å². The Labute approximate surface area is 115 Å². The molecule has 1 saturated heterocycles. The molecule has 1 aliphatic carbocycles. The van der Waals surface area contributed by atoms with Gasteiger partial charge in [-0.05, 0) is 37.9 Å². The molecule has 2 aliphatic rings. The maximum absolute atomic E-state index is 5.90. The summed E-state index contributed by atoms with van der Waals surface area (Å²) in [6, 6.07) is 11.5. The summed E-state index contributed by atoms with van der Waals surface area (Å²) >= 11 is 0. The number of benzene rings is 1. The number of nitrogens with one attached hydrogen (secondary N) is 2. The van der Waals surface area contributed by atoms with Crippen molar-refractivity contribution in [1.29, 1.82) is 0 Å². The molecule has 0 aromatic heterocycles. The molecule has 104 valence electrons. The predicted octanol–water partition coefficient (Wildman–Crippen LogP) is 1.90. The normalized spacial score (nSPS) is 27.4.